The smallest absolute Gasteiger partial charge is 0.191 e. The zero-order valence-corrected chi connectivity index (χ0v) is 18.0. The van der Waals surface area contributed by atoms with Crippen LogP contribution in [0, 0.1) is 0 Å². The predicted molar refractivity (Wildman–Crippen MR) is 122 cm³/mol. The number of hydrogen-bond donors (Lipinski definition) is 4. The number of nitrogens with zero attached hydrogens (tertiary/aromatic N) is 3. The quantitative estimate of drug-likeness (QED) is 0.231. The number of H-pyrrole nitrogens is 1. The fourth-order valence-corrected chi connectivity index (χ4v) is 2.81. The minimum Gasteiger partial charge on any atom is -0.396 e. The number of aliphatic hydroxyl groups excluding tert-OH is 1. The van der Waals surface area contributed by atoms with Gasteiger partial charge in [0.05, 0.1) is 6.61 Å². The topological polar surface area (TPSA) is 98.2 Å². The van der Waals surface area contributed by atoms with Crippen molar-refractivity contribution in [2.24, 2.45) is 4.99 Å². The van der Waals surface area contributed by atoms with Gasteiger partial charge in [-0.1, -0.05) is 48.5 Å². The molecular weight excluding hydrogens is 467 g/mol. The van der Waals surface area contributed by atoms with Gasteiger partial charge in [-0.2, -0.15) is 5.10 Å². The highest BCUT2D eigenvalue weighted by Gasteiger charge is 2.11. The van der Waals surface area contributed by atoms with Crippen molar-refractivity contribution in [1.82, 2.24) is 25.8 Å². The fourth-order valence-electron chi connectivity index (χ4n) is 2.81. The highest BCUT2D eigenvalue weighted by molar-refractivity contribution is 14.0. The summed E-state index contributed by atoms with van der Waals surface area (Å²) in [7, 11) is 1.73. The Balaban J connectivity index is 0.00000280. The molecule has 0 radical (unpaired) electrons. The second-order valence-corrected chi connectivity index (χ2v) is 6.13. The van der Waals surface area contributed by atoms with E-state index in [-0.39, 0.29) is 36.5 Å². The number of nitrogens with one attached hydrogen (secondary N) is 3. The van der Waals surface area contributed by atoms with Crippen molar-refractivity contribution in [2.45, 2.75) is 12.5 Å². The first-order chi connectivity index (χ1) is 13.3. The van der Waals surface area contributed by atoms with Crippen molar-refractivity contribution in [2.75, 3.05) is 20.2 Å². The molecule has 3 rings (SSSR count). The van der Waals surface area contributed by atoms with Gasteiger partial charge in [-0.25, -0.2) is 4.98 Å². The summed E-state index contributed by atoms with van der Waals surface area (Å²) in [6, 6.07) is 18.0. The van der Waals surface area contributed by atoms with E-state index in [1.807, 2.05) is 48.5 Å². The first-order valence-corrected chi connectivity index (χ1v) is 8.85. The normalized spacial score (nSPS) is 12.1. The van der Waals surface area contributed by atoms with Gasteiger partial charge in [0.25, 0.3) is 0 Å². The van der Waals surface area contributed by atoms with E-state index >= 15 is 0 Å². The number of aromatic amines is 1. The monoisotopic (exact) mass is 492 g/mol. The first-order valence-electron chi connectivity index (χ1n) is 8.85. The van der Waals surface area contributed by atoms with Crippen LogP contribution in [0.4, 0.5) is 0 Å². The van der Waals surface area contributed by atoms with E-state index in [1.54, 1.807) is 7.05 Å². The van der Waals surface area contributed by atoms with Gasteiger partial charge in [-0.05, 0) is 17.2 Å². The molecule has 0 bridgehead atoms. The minimum absolute atomic E-state index is 0. The second-order valence-electron chi connectivity index (χ2n) is 6.13. The zero-order chi connectivity index (χ0) is 18.9. The Morgan fingerprint density at radius 1 is 1.14 bits per heavy atom. The van der Waals surface area contributed by atoms with Gasteiger partial charge in [0.15, 0.2) is 11.8 Å². The summed E-state index contributed by atoms with van der Waals surface area (Å²) in [5.41, 5.74) is 3.19. The summed E-state index contributed by atoms with van der Waals surface area (Å²) in [5.74, 6) is 1.45. The highest BCUT2D eigenvalue weighted by Crippen LogP contribution is 2.15. The zero-order valence-electron chi connectivity index (χ0n) is 15.7. The molecule has 0 spiro atoms. The third-order valence-electron chi connectivity index (χ3n) is 4.31. The van der Waals surface area contributed by atoms with Crippen LogP contribution in [0.25, 0.3) is 11.4 Å². The van der Waals surface area contributed by atoms with Crippen molar-refractivity contribution < 1.29 is 5.11 Å². The van der Waals surface area contributed by atoms with Crippen LogP contribution in [0.1, 0.15) is 17.0 Å². The maximum Gasteiger partial charge on any atom is 0.191 e. The minimum atomic E-state index is 0. The van der Waals surface area contributed by atoms with Gasteiger partial charge in [0.2, 0.25) is 0 Å². The lowest BCUT2D eigenvalue weighted by Gasteiger charge is -2.18. The third-order valence-corrected chi connectivity index (χ3v) is 4.31. The Hall–Kier alpha value is -2.46. The lowest BCUT2D eigenvalue weighted by molar-refractivity contribution is 0.265. The summed E-state index contributed by atoms with van der Waals surface area (Å²) < 4.78 is 0. The van der Waals surface area contributed by atoms with E-state index < -0.39 is 0 Å². The summed E-state index contributed by atoms with van der Waals surface area (Å²) in [6.07, 6.45) is 1.50. The third kappa shape index (κ3) is 6.03. The SMILES string of the molecule is CN=C(NCc1cccc(-c2ncn[nH]2)c1)NCC(CO)c1ccccc1.I. The summed E-state index contributed by atoms with van der Waals surface area (Å²) in [4.78, 5) is 8.44. The number of rotatable bonds is 7. The Kier molecular flexibility index (Phi) is 8.89. The van der Waals surface area contributed by atoms with Crippen molar-refractivity contribution in [3.8, 4) is 11.4 Å². The van der Waals surface area contributed by atoms with E-state index in [0.717, 1.165) is 22.5 Å². The molecule has 0 aliphatic rings. The molecule has 0 fully saturated rings. The van der Waals surface area contributed by atoms with Crippen LogP contribution in [0.2, 0.25) is 0 Å². The molecule has 28 heavy (non-hydrogen) atoms. The lowest BCUT2D eigenvalue weighted by atomic mass is 10.0. The molecule has 0 saturated carbocycles. The number of aromatic nitrogens is 3. The number of hydrogen-bond acceptors (Lipinski definition) is 4. The van der Waals surface area contributed by atoms with E-state index in [9.17, 15) is 5.11 Å². The number of aliphatic imine (C=N–C) groups is 1. The molecule has 148 valence electrons. The Bertz CT molecular complexity index is 854. The van der Waals surface area contributed by atoms with Crippen LogP contribution in [0.5, 0.6) is 0 Å². The summed E-state index contributed by atoms with van der Waals surface area (Å²) in [5, 5.41) is 23.0. The van der Waals surface area contributed by atoms with Crippen LogP contribution >= 0.6 is 24.0 Å². The Morgan fingerprint density at radius 3 is 2.64 bits per heavy atom. The first kappa shape index (κ1) is 21.8. The molecular formula is C20H25IN6O. The van der Waals surface area contributed by atoms with Crippen LogP contribution in [0.15, 0.2) is 65.9 Å². The predicted octanol–water partition coefficient (Wildman–Crippen LogP) is 2.53. The standard InChI is InChI=1S/C20H24N6O.HI/c1-21-20(23-12-18(13-27)16-7-3-2-4-8-16)22-11-15-6-5-9-17(10-15)19-24-14-25-26-19;/h2-10,14,18,27H,11-13H2,1H3,(H2,21,22,23)(H,24,25,26);1H. The molecule has 1 atom stereocenters. The second kappa shape index (κ2) is 11.4. The molecule has 1 aromatic heterocycles. The maximum absolute atomic E-state index is 9.68. The van der Waals surface area contributed by atoms with Crippen LogP contribution < -0.4 is 10.6 Å². The molecule has 0 saturated heterocycles. The van der Waals surface area contributed by atoms with E-state index in [1.165, 1.54) is 6.33 Å². The molecule has 3 aromatic rings. The van der Waals surface area contributed by atoms with E-state index in [2.05, 4.69) is 36.9 Å². The lowest BCUT2D eigenvalue weighted by Crippen LogP contribution is -2.39. The molecule has 8 heteroatoms. The average molecular weight is 492 g/mol. The van der Waals surface area contributed by atoms with Crippen LogP contribution in [-0.4, -0.2) is 46.4 Å². The molecule has 1 unspecified atom stereocenters. The number of halogens is 1. The van der Waals surface area contributed by atoms with Crippen molar-refractivity contribution in [1.29, 1.82) is 0 Å². The van der Waals surface area contributed by atoms with Gasteiger partial charge in [0.1, 0.15) is 6.33 Å². The summed E-state index contributed by atoms with van der Waals surface area (Å²) in [6.45, 7) is 1.29. The van der Waals surface area contributed by atoms with Crippen LogP contribution in [-0.2, 0) is 6.54 Å². The maximum atomic E-state index is 9.68. The number of benzene rings is 2. The van der Waals surface area contributed by atoms with Crippen molar-refractivity contribution in [3.05, 3.63) is 72.1 Å². The van der Waals surface area contributed by atoms with Gasteiger partial charge >= 0.3 is 0 Å². The molecule has 0 aliphatic carbocycles. The number of guanidine groups is 1. The molecule has 0 aliphatic heterocycles. The van der Waals surface area contributed by atoms with Gasteiger partial charge < -0.3 is 15.7 Å². The molecule has 1 heterocycles. The average Bonchev–Trinajstić information content (AvgIpc) is 3.27. The Morgan fingerprint density at radius 2 is 1.96 bits per heavy atom. The number of aliphatic hydroxyl groups is 1. The van der Waals surface area contributed by atoms with E-state index in [0.29, 0.717) is 19.0 Å². The summed E-state index contributed by atoms with van der Waals surface area (Å²) >= 11 is 0. The largest absolute Gasteiger partial charge is 0.396 e. The van der Waals surface area contributed by atoms with Gasteiger partial charge in [-0.3, -0.25) is 10.1 Å². The van der Waals surface area contributed by atoms with Crippen LogP contribution in [0.3, 0.4) is 0 Å². The highest BCUT2D eigenvalue weighted by atomic mass is 127. The van der Waals surface area contributed by atoms with Gasteiger partial charge in [-0.15, -0.1) is 24.0 Å². The van der Waals surface area contributed by atoms with Crippen molar-refractivity contribution in [3.63, 3.8) is 0 Å². The fraction of sp³-hybridized carbons (Fsp3) is 0.250. The van der Waals surface area contributed by atoms with Gasteiger partial charge in [0, 0.05) is 31.6 Å². The molecule has 0 amide bonds. The van der Waals surface area contributed by atoms with Crippen molar-refractivity contribution >= 4 is 29.9 Å². The molecule has 2 aromatic carbocycles. The molecule has 4 N–H and O–H groups in total. The van der Waals surface area contributed by atoms with E-state index in [4.69, 9.17) is 0 Å². The molecule has 7 nitrogen and oxygen atoms in total. The Labute approximate surface area is 181 Å².